The quantitative estimate of drug-likeness (QED) is 0.294. The van der Waals surface area contributed by atoms with Crippen molar-refractivity contribution in [1.82, 2.24) is 10.9 Å². The SMILES string of the molecule is CCC(=NNC(=O)CCCCCC(=O)NN=C(CC)c1ccccc1)c1ccccc1. The molecule has 2 N–H and O–H groups in total. The Hall–Kier alpha value is -3.28. The second-order valence-electron chi connectivity index (χ2n) is 7.19. The molecule has 6 heteroatoms. The summed E-state index contributed by atoms with van der Waals surface area (Å²) in [5.74, 6) is -0.210. The third-order valence-electron chi connectivity index (χ3n) is 4.82. The highest BCUT2D eigenvalue weighted by Gasteiger charge is 2.06. The minimum atomic E-state index is -0.105. The molecule has 2 rings (SSSR count). The van der Waals surface area contributed by atoms with Gasteiger partial charge in [0.25, 0.3) is 0 Å². The Morgan fingerprint density at radius 1 is 0.645 bits per heavy atom. The number of rotatable bonds is 12. The molecule has 0 fully saturated rings. The van der Waals surface area contributed by atoms with Gasteiger partial charge in [-0.25, -0.2) is 10.9 Å². The molecule has 0 spiro atoms. The van der Waals surface area contributed by atoms with Gasteiger partial charge in [-0.1, -0.05) is 80.9 Å². The van der Waals surface area contributed by atoms with Crippen LogP contribution in [0, 0.1) is 0 Å². The molecule has 0 bridgehead atoms. The van der Waals surface area contributed by atoms with E-state index in [0.29, 0.717) is 12.8 Å². The third-order valence-corrected chi connectivity index (χ3v) is 4.82. The number of carbonyl (C=O) groups excluding carboxylic acids is 2. The molecule has 0 saturated heterocycles. The molecule has 2 amide bonds. The van der Waals surface area contributed by atoms with Gasteiger partial charge in [-0.05, 0) is 36.8 Å². The van der Waals surface area contributed by atoms with E-state index in [-0.39, 0.29) is 11.8 Å². The molecule has 164 valence electrons. The van der Waals surface area contributed by atoms with Crippen LogP contribution in [0.3, 0.4) is 0 Å². The zero-order chi connectivity index (χ0) is 22.3. The topological polar surface area (TPSA) is 82.9 Å². The zero-order valence-electron chi connectivity index (χ0n) is 18.4. The van der Waals surface area contributed by atoms with Gasteiger partial charge in [0, 0.05) is 12.8 Å². The lowest BCUT2D eigenvalue weighted by Crippen LogP contribution is -2.20. The van der Waals surface area contributed by atoms with Crippen LogP contribution in [0.2, 0.25) is 0 Å². The molecular formula is C25H32N4O2. The molecule has 0 saturated carbocycles. The van der Waals surface area contributed by atoms with Crippen LogP contribution in [0.4, 0.5) is 0 Å². The van der Waals surface area contributed by atoms with Gasteiger partial charge in [-0.2, -0.15) is 10.2 Å². The average Bonchev–Trinajstić information content (AvgIpc) is 2.81. The van der Waals surface area contributed by atoms with Gasteiger partial charge in [0.15, 0.2) is 0 Å². The van der Waals surface area contributed by atoms with Crippen LogP contribution in [-0.2, 0) is 9.59 Å². The van der Waals surface area contributed by atoms with Gasteiger partial charge in [-0.15, -0.1) is 0 Å². The minimum Gasteiger partial charge on any atom is -0.273 e. The monoisotopic (exact) mass is 420 g/mol. The maximum Gasteiger partial charge on any atom is 0.240 e. The lowest BCUT2D eigenvalue weighted by molar-refractivity contribution is -0.121. The first-order valence-corrected chi connectivity index (χ1v) is 11.0. The smallest absolute Gasteiger partial charge is 0.240 e. The van der Waals surface area contributed by atoms with E-state index in [1.807, 2.05) is 74.5 Å². The van der Waals surface area contributed by atoms with E-state index in [2.05, 4.69) is 21.1 Å². The molecule has 2 aromatic rings. The van der Waals surface area contributed by atoms with Gasteiger partial charge in [-0.3, -0.25) is 9.59 Å². The Morgan fingerprint density at radius 3 is 1.39 bits per heavy atom. The standard InChI is InChI=1S/C25H32N4O2/c1-3-22(20-14-8-5-9-15-20)26-28-24(30)18-12-7-13-19-25(31)29-27-23(4-2)21-16-10-6-11-17-21/h5-6,8-11,14-17H,3-4,7,12-13,18-19H2,1-2H3,(H,28,30)(H,29,31). The van der Waals surface area contributed by atoms with Crippen LogP contribution in [0.15, 0.2) is 70.9 Å². The number of benzene rings is 2. The molecular weight excluding hydrogens is 388 g/mol. The highest BCUT2D eigenvalue weighted by atomic mass is 16.2. The number of hydrogen-bond acceptors (Lipinski definition) is 4. The predicted octanol–water partition coefficient (Wildman–Crippen LogP) is 4.80. The number of nitrogens with one attached hydrogen (secondary N) is 2. The van der Waals surface area contributed by atoms with Gasteiger partial charge in [0.05, 0.1) is 11.4 Å². The van der Waals surface area contributed by atoms with Crippen molar-refractivity contribution in [1.29, 1.82) is 0 Å². The highest BCUT2D eigenvalue weighted by molar-refractivity contribution is 6.01. The lowest BCUT2D eigenvalue weighted by atomic mass is 10.1. The van der Waals surface area contributed by atoms with E-state index >= 15 is 0 Å². The molecule has 31 heavy (non-hydrogen) atoms. The van der Waals surface area contributed by atoms with E-state index in [1.165, 1.54) is 0 Å². The van der Waals surface area contributed by atoms with Gasteiger partial charge in [0.2, 0.25) is 11.8 Å². The van der Waals surface area contributed by atoms with Crippen molar-refractivity contribution in [2.75, 3.05) is 0 Å². The van der Waals surface area contributed by atoms with Crippen LogP contribution < -0.4 is 10.9 Å². The molecule has 0 unspecified atom stereocenters. The number of carbonyl (C=O) groups is 2. The summed E-state index contributed by atoms with van der Waals surface area (Å²) in [5, 5.41) is 8.50. The van der Waals surface area contributed by atoms with Crippen LogP contribution in [0.5, 0.6) is 0 Å². The first-order chi connectivity index (χ1) is 15.1. The fraction of sp³-hybridized carbons (Fsp3) is 0.360. The summed E-state index contributed by atoms with van der Waals surface area (Å²) in [6.45, 7) is 4.02. The minimum absolute atomic E-state index is 0.105. The van der Waals surface area contributed by atoms with E-state index < -0.39 is 0 Å². The molecule has 0 aliphatic rings. The number of amides is 2. The van der Waals surface area contributed by atoms with Crippen molar-refractivity contribution in [3.8, 4) is 0 Å². The highest BCUT2D eigenvalue weighted by Crippen LogP contribution is 2.06. The fourth-order valence-corrected chi connectivity index (χ4v) is 3.08. The summed E-state index contributed by atoms with van der Waals surface area (Å²) in [5.41, 5.74) is 9.01. The Bertz CT molecular complexity index is 803. The van der Waals surface area contributed by atoms with Crippen molar-refractivity contribution in [2.24, 2.45) is 10.2 Å². The second-order valence-corrected chi connectivity index (χ2v) is 7.19. The summed E-state index contributed by atoms with van der Waals surface area (Å²) in [7, 11) is 0. The van der Waals surface area contributed by atoms with Crippen molar-refractivity contribution < 1.29 is 9.59 Å². The molecule has 0 atom stereocenters. The summed E-state index contributed by atoms with van der Waals surface area (Å²) in [4.78, 5) is 24.0. The average molecular weight is 421 g/mol. The Labute approximate surface area is 184 Å². The molecule has 0 heterocycles. The first kappa shape index (κ1) is 24.0. The maximum atomic E-state index is 12.0. The number of hydrazone groups is 2. The molecule has 0 aliphatic carbocycles. The van der Waals surface area contributed by atoms with Crippen molar-refractivity contribution in [3.05, 3.63) is 71.8 Å². The number of nitrogens with zero attached hydrogens (tertiary/aromatic N) is 2. The van der Waals surface area contributed by atoms with Crippen molar-refractivity contribution in [3.63, 3.8) is 0 Å². The Kier molecular flexibility index (Phi) is 10.7. The van der Waals surface area contributed by atoms with Crippen molar-refractivity contribution in [2.45, 2.75) is 58.8 Å². The second kappa shape index (κ2) is 13.9. The van der Waals surface area contributed by atoms with Gasteiger partial charge in [0.1, 0.15) is 0 Å². The molecule has 2 aromatic carbocycles. The van der Waals surface area contributed by atoms with Crippen LogP contribution >= 0.6 is 0 Å². The first-order valence-electron chi connectivity index (χ1n) is 11.0. The van der Waals surface area contributed by atoms with E-state index in [1.54, 1.807) is 0 Å². The Morgan fingerprint density at radius 2 is 1.03 bits per heavy atom. The van der Waals surface area contributed by atoms with E-state index in [4.69, 9.17) is 0 Å². The molecule has 0 radical (unpaired) electrons. The number of unbranched alkanes of at least 4 members (excludes halogenated alkanes) is 2. The summed E-state index contributed by atoms with van der Waals surface area (Å²) >= 11 is 0. The van der Waals surface area contributed by atoms with E-state index in [9.17, 15) is 9.59 Å². The van der Waals surface area contributed by atoms with E-state index in [0.717, 1.165) is 54.7 Å². The normalized spacial score (nSPS) is 11.8. The molecule has 0 aromatic heterocycles. The summed E-state index contributed by atoms with van der Waals surface area (Å²) < 4.78 is 0. The zero-order valence-corrected chi connectivity index (χ0v) is 18.4. The fourth-order valence-electron chi connectivity index (χ4n) is 3.08. The summed E-state index contributed by atoms with van der Waals surface area (Å²) in [6.07, 6.45) is 4.50. The van der Waals surface area contributed by atoms with Crippen LogP contribution in [-0.4, -0.2) is 23.2 Å². The number of hydrogen-bond donors (Lipinski definition) is 2. The third kappa shape index (κ3) is 8.95. The lowest BCUT2D eigenvalue weighted by Gasteiger charge is -2.06. The predicted molar refractivity (Wildman–Crippen MR) is 126 cm³/mol. The van der Waals surface area contributed by atoms with Crippen LogP contribution in [0.1, 0.15) is 69.9 Å². The summed E-state index contributed by atoms with van der Waals surface area (Å²) in [6, 6.07) is 19.6. The van der Waals surface area contributed by atoms with Gasteiger partial charge >= 0.3 is 0 Å². The molecule has 6 nitrogen and oxygen atoms in total. The largest absolute Gasteiger partial charge is 0.273 e. The van der Waals surface area contributed by atoms with Crippen LogP contribution in [0.25, 0.3) is 0 Å². The van der Waals surface area contributed by atoms with Crippen molar-refractivity contribution >= 4 is 23.2 Å². The van der Waals surface area contributed by atoms with Gasteiger partial charge < -0.3 is 0 Å². The molecule has 0 aliphatic heterocycles. The Balaban J connectivity index is 1.65. The maximum absolute atomic E-state index is 12.0.